The van der Waals surface area contributed by atoms with Crippen molar-refractivity contribution in [3.05, 3.63) is 29.8 Å². The zero-order chi connectivity index (χ0) is 28.8. The molecule has 0 fully saturated rings. The molecule has 0 amide bonds. The Kier molecular flexibility index (Phi) is 25.4. The fourth-order valence-electron chi connectivity index (χ4n) is 2.78. The third kappa shape index (κ3) is 24.8. The van der Waals surface area contributed by atoms with Crippen LogP contribution in [0.15, 0.2) is 24.3 Å². The van der Waals surface area contributed by atoms with Crippen molar-refractivity contribution in [3.63, 3.8) is 0 Å². The molecule has 0 aliphatic heterocycles. The molecule has 40 heavy (non-hydrogen) atoms. The van der Waals surface area contributed by atoms with E-state index in [9.17, 15) is 9.59 Å². The van der Waals surface area contributed by atoms with Crippen molar-refractivity contribution in [1.82, 2.24) is 0 Å². The Labute approximate surface area is 235 Å². The highest BCUT2D eigenvalue weighted by Crippen LogP contribution is 2.10. The average molecular weight is 577 g/mol. The first-order valence-corrected chi connectivity index (χ1v) is 13.3. The second-order valence-electron chi connectivity index (χ2n) is 7.88. The first-order valence-electron chi connectivity index (χ1n) is 13.3. The molecule has 0 radical (unpaired) electrons. The first-order chi connectivity index (χ1) is 19.7. The van der Waals surface area contributed by atoms with Gasteiger partial charge in [0.2, 0.25) is 0 Å². The average Bonchev–Trinajstić information content (AvgIpc) is 2.96. The van der Waals surface area contributed by atoms with Gasteiger partial charge in [0.25, 0.3) is 0 Å². The molecule has 0 spiro atoms. The maximum absolute atomic E-state index is 10.6. The second kappa shape index (κ2) is 28.3. The first kappa shape index (κ1) is 35.8. The molecule has 0 atom stereocenters. The van der Waals surface area contributed by atoms with Crippen LogP contribution in [0.2, 0.25) is 0 Å². The summed E-state index contributed by atoms with van der Waals surface area (Å²) in [4.78, 5) is 20.9. The predicted octanol–water partition coefficient (Wildman–Crippen LogP) is 1.11. The molecule has 1 aromatic rings. The summed E-state index contributed by atoms with van der Waals surface area (Å²) in [5.74, 6) is -0.300. The van der Waals surface area contributed by atoms with Crippen molar-refractivity contribution in [2.75, 3.05) is 126 Å². The molecule has 230 valence electrons. The number of aliphatic carboxylic acids is 1. The van der Waals surface area contributed by atoms with Gasteiger partial charge in [-0.3, -0.25) is 4.79 Å². The molecule has 13 nitrogen and oxygen atoms in total. The topological polar surface area (TPSA) is 147 Å². The maximum atomic E-state index is 10.6. The molecule has 0 heterocycles. The maximum Gasteiger partial charge on any atom is 0.329 e. The minimum atomic E-state index is -0.998. The Morgan fingerprint density at radius 3 is 1.10 bits per heavy atom. The molecular formula is C27H44O13. The van der Waals surface area contributed by atoms with Gasteiger partial charge in [0, 0.05) is 5.56 Å². The summed E-state index contributed by atoms with van der Waals surface area (Å²) in [6.45, 7) is 7.68. The summed E-state index contributed by atoms with van der Waals surface area (Å²) in [5, 5.41) is 8.41. The number of carboxylic acids is 1. The minimum absolute atomic E-state index is 0.239. The van der Waals surface area contributed by atoms with Crippen LogP contribution in [0.1, 0.15) is 10.4 Å². The molecule has 0 saturated carbocycles. The third-order valence-electron chi connectivity index (χ3n) is 4.71. The molecule has 0 aliphatic carbocycles. The van der Waals surface area contributed by atoms with Crippen LogP contribution < -0.4 is 4.74 Å². The Hall–Kier alpha value is -2.20. The summed E-state index contributed by atoms with van der Waals surface area (Å²) >= 11 is 0. The molecule has 13 heteroatoms. The number of hydrogen-bond donors (Lipinski definition) is 1. The highest BCUT2D eigenvalue weighted by Gasteiger charge is 1.98. The van der Waals surface area contributed by atoms with Crippen LogP contribution in [0.4, 0.5) is 0 Å². The van der Waals surface area contributed by atoms with Crippen molar-refractivity contribution >= 4 is 12.3 Å². The van der Waals surface area contributed by atoms with E-state index in [1.165, 1.54) is 0 Å². The highest BCUT2D eigenvalue weighted by molar-refractivity contribution is 5.74. The summed E-state index contributed by atoms with van der Waals surface area (Å²) < 4.78 is 53.5. The van der Waals surface area contributed by atoms with Crippen molar-refractivity contribution in [2.24, 2.45) is 0 Å². The van der Waals surface area contributed by atoms with Crippen molar-refractivity contribution < 1.29 is 62.1 Å². The van der Waals surface area contributed by atoms with E-state index in [1.54, 1.807) is 24.3 Å². The molecule has 0 bridgehead atoms. The molecule has 1 N–H and O–H groups in total. The Morgan fingerprint density at radius 2 is 0.800 bits per heavy atom. The largest absolute Gasteiger partial charge is 0.491 e. The SMILES string of the molecule is O=Cc1ccc(OCCOCCOCCOCCOCCOCCOCCOCCOCCOCC(=O)O)cc1. The fraction of sp³-hybridized carbons (Fsp3) is 0.704. The van der Waals surface area contributed by atoms with Gasteiger partial charge in [-0.25, -0.2) is 4.79 Å². The zero-order valence-corrected chi connectivity index (χ0v) is 23.2. The van der Waals surface area contributed by atoms with Gasteiger partial charge in [-0.1, -0.05) is 0 Å². The van der Waals surface area contributed by atoms with Gasteiger partial charge in [-0.2, -0.15) is 0 Å². The van der Waals surface area contributed by atoms with Crippen LogP contribution in [0.3, 0.4) is 0 Å². The van der Waals surface area contributed by atoms with Crippen LogP contribution >= 0.6 is 0 Å². The van der Waals surface area contributed by atoms with Crippen LogP contribution in [0, 0.1) is 0 Å². The van der Waals surface area contributed by atoms with Crippen LogP contribution in [0.25, 0.3) is 0 Å². The number of carbonyl (C=O) groups excluding carboxylic acids is 1. The molecule has 0 aliphatic rings. The van der Waals surface area contributed by atoms with Gasteiger partial charge in [-0.05, 0) is 24.3 Å². The summed E-state index contributed by atoms with van der Waals surface area (Å²) in [6.07, 6.45) is 0.792. The molecule has 0 aromatic heterocycles. The molecule has 1 aromatic carbocycles. The van der Waals surface area contributed by atoms with E-state index in [4.69, 9.17) is 52.5 Å². The Morgan fingerprint density at radius 1 is 0.500 bits per heavy atom. The van der Waals surface area contributed by atoms with Crippen molar-refractivity contribution in [1.29, 1.82) is 0 Å². The number of ether oxygens (including phenoxy) is 10. The quantitative estimate of drug-likeness (QED) is 0.0995. The summed E-state index contributed by atoms with van der Waals surface area (Å²) in [7, 11) is 0. The lowest BCUT2D eigenvalue weighted by molar-refractivity contribution is -0.142. The lowest BCUT2D eigenvalue weighted by atomic mass is 10.2. The number of aldehydes is 1. The van der Waals surface area contributed by atoms with E-state index >= 15 is 0 Å². The van der Waals surface area contributed by atoms with Gasteiger partial charge in [0.1, 0.15) is 25.2 Å². The number of benzene rings is 1. The second-order valence-corrected chi connectivity index (χ2v) is 7.88. The van der Waals surface area contributed by atoms with Crippen molar-refractivity contribution in [3.8, 4) is 5.75 Å². The monoisotopic (exact) mass is 576 g/mol. The van der Waals surface area contributed by atoms with E-state index in [0.717, 1.165) is 6.29 Å². The molecule has 0 saturated heterocycles. The van der Waals surface area contributed by atoms with Gasteiger partial charge in [0.15, 0.2) is 0 Å². The van der Waals surface area contributed by atoms with E-state index in [0.29, 0.717) is 124 Å². The third-order valence-corrected chi connectivity index (χ3v) is 4.71. The number of carboxylic acid groups (broad SMARTS) is 1. The van der Waals surface area contributed by atoms with Gasteiger partial charge in [0.05, 0.1) is 112 Å². The zero-order valence-electron chi connectivity index (χ0n) is 23.2. The normalized spacial score (nSPS) is 11.1. The van der Waals surface area contributed by atoms with Crippen molar-refractivity contribution in [2.45, 2.75) is 0 Å². The number of carbonyl (C=O) groups is 2. The minimum Gasteiger partial charge on any atom is -0.491 e. The lowest BCUT2D eigenvalue weighted by Crippen LogP contribution is -2.15. The Bertz CT molecular complexity index is 702. The van der Waals surface area contributed by atoms with Gasteiger partial charge < -0.3 is 52.5 Å². The number of hydrogen-bond acceptors (Lipinski definition) is 12. The molecular weight excluding hydrogens is 532 g/mol. The number of rotatable bonds is 31. The van der Waals surface area contributed by atoms with Crippen LogP contribution in [-0.2, 0) is 47.4 Å². The molecule has 0 unspecified atom stereocenters. The highest BCUT2D eigenvalue weighted by atomic mass is 16.6. The molecule has 1 rings (SSSR count). The van der Waals surface area contributed by atoms with E-state index < -0.39 is 5.97 Å². The van der Waals surface area contributed by atoms with Gasteiger partial charge in [-0.15, -0.1) is 0 Å². The summed E-state index contributed by atoms with van der Waals surface area (Å²) in [6, 6.07) is 6.91. The summed E-state index contributed by atoms with van der Waals surface area (Å²) in [5.41, 5.74) is 0.613. The predicted molar refractivity (Wildman–Crippen MR) is 142 cm³/mol. The Balaban J connectivity index is 1.66. The van der Waals surface area contributed by atoms with Crippen LogP contribution in [0.5, 0.6) is 5.75 Å². The van der Waals surface area contributed by atoms with Gasteiger partial charge >= 0.3 is 5.97 Å². The fourth-order valence-corrected chi connectivity index (χ4v) is 2.78. The van der Waals surface area contributed by atoms with E-state index in [-0.39, 0.29) is 13.2 Å². The van der Waals surface area contributed by atoms with E-state index in [1.807, 2.05) is 0 Å². The van der Waals surface area contributed by atoms with Crippen LogP contribution in [-0.4, -0.2) is 143 Å². The smallest absolute Gasteiger partial charge is 0.329 e. The standard InChI is InChI=1S/C27H44O13/c28-23-25-1-3-26(4-2-25)40-22-21-38-18-17-36-14-13-34-10-9-32-6-5-31-7-8-33-11-12-35-15-16-37-19-20-39-24-27(29)30/h1-4,23H,5-22,24H2,(H,29,30). The van der Waals surface area contributed by atoms with E-state index in [2.05, 4.69) is 0 Å². The lowest BCUT2D eigenvalue weighted by Gasteiger charge is -2.09.